The number of carbonyl (C=O) groups is 2. The van der Waals surface area contributed by atoms with Gasteiger partial charge < -0.3 is 10.2 Å². The van der Waals surface area contributed by atoms with Crippen LogP contribution in [0.3, 0.4) is 0 Å². The van der Waals surface area contributed by atoms with Gasteiger partial charge in [-0.3, -0.25) is 9.59 Å². The van der Waals surface area contributed by atoms with E-state index in [2.05, 4.69) is 0 Å². The Morgan fingerprint density at radius 1 is 0.531 bits per heavy atom. The van der Waals surface area contributed by atoms with E-state index in [1.54, 1.807) is 72.8 Å². The minimum absolute atomic E-state index is 0.559. The van der Waals surface area contributed by atoms with Crippen LogP contribution < -0.4 is 0 Å². The van der Waals surface area contributed by atoms with Gasteiger partial charge in [0.2, 0.25) is 0 Å². The van der Waals surface area contributed by atoms with Crippen molar-refractivity contribution >= 4 is 11.9 Å². The van der Waals surface area contributed by atoms with Crippen molar-refractivity contribution in [1.29, 1.82) is 0 Å². The first kappa shape index (κ1) is 21.1. The molecule has 0 bridgehead atoms. The zero-order chi connectivity index (χ0) is 22.6. The van der Waals surface area contributed by atoms with Crippen molar-refractivity contribution in [2.75, 3.05) is 0 Å². The lowest BCUT2D eigenvalue weighted by Gasteiger charge is -2.31. The summed E-state index contributed by atoms with van der Waals surface area (Å²) >= 11 is 0. The molecular formula is C28H22O4. The van der Waals surface area contributed by atoms with Crippen LogP contribution in [0.4, 0.5) is 0 Å². The van der Waals surface area contributed by atoms with Gasteiger partial charge in [-0.05, 0) is 27.8 Å². The van der Waals surface area contributed by atoms with Crippen molar-refractivity contribution in [3.8, 4) is 0 Å². The summed E-state index contributed by atoms with van der Waals surface area (Å²) in [5.74, 6) is -2.79. The second-order valence-corrected chi connectivity index (χ2v) is 7.59. The van der Waals surface area contributed by atoms with Crippen molar-refractivity contribution < 1.29 is 19.8 Å². The molecule has 4 rings (SSSR count). The zero-order valence-electron chi connectivity index (χ0n) is 17.3. The van der Waals surface area contributed by atoms with Gasteiger partial charge in [-0.2, -0.15) is 0 Å². The summed E-state index contributed by atoms with van der Waals surface area (Å²) < 4.78 is 0. The molecule has 158 valence electrons. The SMILES string of the molecule is O=C(O)C(c1ccccc1)c1ccc(C(C(=O)O)(c2ccccc2)c2ccccc2)cc1. The monoisotopic (exact) mass is 422 g/mol. The average Bonchev–Trinajstić information content (AvgIpc) is 2.82. The summed E-state index contributed by atoms with van der Waals surface area (Å²) in [6.07, 6.45) is 0. The quantitative estimate of drug-likeness (QED) is 0.395. The highest BCUT2D eigenvalue weighted by Gasteiger charge is 2.44. The van der Waals surface area contributed by atoms with Gasteiger partial charge in [-0.25, -0.2) is 0 Å². The Labute approximate surface area is 186 Å². The summed E-state index contributed by atoms with van der Waals surface area (Å²) in [7, 11) is 0. The molecule has 1 unspecified atom stereocenters. The van der Waals surface area contributed by atoms with Crippen LogP contribution in [0.5, 0.6) is 0 Å². The highest BCUT2D eigenvalue weighted by molar-refractivity contribution is 5.91. The number of aliphatic carboxylic acids is 2. The third-order valence-electron chi connectivity index (χ3n) is 5.79. The number of hydrogen-bond acceptors (Lipinski definition) is 2. The molecule has 0 radical (unpaired) electrons. The van der Waals surface area contributed by atoms with Gasteiger partial charge in [0.15, 0.2) is 0 Å². The number of hydrogen-bond donors (Lipinski definition) is 2. The summed E-state index contributed by atoms with van der Waals surface area (Å²) in [5.41, 5.74) is 1.65. The molecule has 4 aromatic carbocycles. The van der Waals surface area contributed by atoms with Crippen LogP contribution in [0, 0.1) is 0 Å². The van der Waals surface area contributed by atoms with E-state index < -0.39 is 23.3 Å². The van der Waals surface area contributed by atoms with E-state index in [0.29, 0.717) is 27.8 Å². The van der Waals surface area contributed by atoms with Crippen LogP contribution in [0.15, 0.2) is 115 Å². The number of rotatable bonds is 7. The molecule has 32 heavy (non-hydrogen) atoms. The van der Waals surface area contributed by atoms with Crippen molar-refractivity contribution in [2.24, 2.45) is 0 Å². The third-order valence-corrected chi connectivity index (χ3v) is 5.79. The first-order valence-corrected chi connectivity index (χ1v) is 10.3. The highest BCUT2D eigenvalue weighted by Crippen LogP contribution is 2.40. The topological polar surface area (TPSA) is 74.6 Å². The van der Waals surface area contributed by atoms with Crippen molar-refractivity contribution in [3.63, 3.8) is 0 Å². The summed E-state index contributed by atoms with van der Waals surface area (Å²) in [6.45, 7) is 0. The van der Waals surface area contributed by atoms with Gasteiger partial charge in [-0.1, -0.05) is 115 Å². The molecule has 4 aromatic rings. The lowest BCUT2D eigenvalue weighted by atomic mass is 9.69. The standard InChI is InChI=1S/C28H22O4/c29-26(30)25(20-10-4-1-5-11-20)21-16-18-24(19-17-21)28(27(31)32,22-12-6-2-7-13-22)23-14-8-3-9-15-23/h1-19,25H,(H,29,30)(H,31,32). The molecule has 4 heteroatoms. The van der Waals surface area contributed by atoms with E-state index in [1.165, 1.54) is 0 Å². The third kappa shape index (κ3) is 3.67. The largest absolute Gasteiger partial charge is 0.481 e. The molecular weight excluding hydrogens is 400 g/mol. The van der Waals surface area contributed by atoms with E-state index in [1.807, 2.05) is 42.5 Å². The van der Waals surface area contributed by atoms with Crippen LogP contribution in [-0.2, 0) is 15.0 Å². The van der Waals surface area contributed by atoms with E-state index in [4.69, 9.17) is 0 Å². The fourth-order valence-corrected chi connectivity index (χ4v) is 4.30. The van der Waals surface area contributed by atoms with E-state index in [9.17, 15) is 19.8 Å². The van der Waals surface area contributed by atoms with Gasteiger partial charge in [0.05, 0.1) is 0 Å². The molecule has 0 aliphatic heterocycles. The molecule has 0 aliphatic carbocycles. The lowest BCUT2D eigenvalue weighted by Crippen LogP contribution is -2.38. The Kier molecular flexibility index (Phi) is 5.86. The Morgan fingerprint density at radius 3 is 1.31 bits per heavy atom. The lowest BCUT2D eigenvalue weighted by molar-refractivity contribution is -0.141. The molecule has 0 spiro atoms. The molecule has 0 aliphatic rings. The number of carboxylic acid groups (broad SMARTS) is 2. The Balaban J connectivity index is 1.88. The maximum absolute atomic E-state index is 12.9. The van der Waals surface area contributed by atoms with Crippen LogP contribution in [0.2, 0.25) is 0 Å². The minimum atomic E-state index is -1.42. The second-order valence-electron chi connectivity index (χ2n) is 7.59. The van der Waals surface area contributed by atoms with Crippen LogP contribution in [0.1, 0.15) is 33.7 Å². The Hall–Kier alpha value is -4.18. The fourth-order valence-electron chi connectivity index (χ4n) is 4.30. The molecule has 4 nitrogen and oxygen atoms in total. The van der Waals surface area contributed by atoms with Crippen molar-refractivity contribution in [2.45, 2.75) is 11.3 Å². The van der Waals surface area contributed by atoms with E-state index >= 15 is 0 Å². The molecule has 0 amide bonds. The second kappa shape index (κ2) is 8.90. The summed E-state index contributed by atoms with van der Waals surface area (Å²) in [5, 5.41) is 20.4. The van der Waals surface area contributed by atoms with Gasteiger partial charge in [0.25, 0.3) is 0 Å². The highest BCUT2D eigenvalue weighted by atomic mass is 16.4. The van der Waals surface area contributed by atoms with Gasteiger partial charge in [0.1, 0.15) is 11.3 Å². The van der Waals surface area contributed by atoms with E-state index in [-0.39, 0.29) is 0 Å². The molecule has 0 fully saturated rings. The Morgan fingerprint density at radius 2 is 0.906 bits per heavy atom. The maximum Gasteiger partial charge on any atom is 0.323 e. The summed E-state index contributed by atoms with van der Waals surface area (Å²) in [6, 6.07) is 34.1. The molecule has 0 saturated carbocycles. The maximum atomic E-state index is 12.9. The van der Waals surface area contributed by atoms with Gasteiger partial charge in [-0.15, -0.1) is 0 Å². The first-order chi connectivity index (χ1) is 15.5. The zero-order valence-corrected chi connectivity index (χ0v) is 17.3. The minimum Gasteiger partial charge on any atom is -0.481 e. The normalized spacial score (nSPS) is 12.1. The molecule has 2 N–H and O–H groups in total. The molecule has 0 saturated heterocycles. The van der Waals surface area contributed by atoms with Crippen LogP contribution in [-0.4, -0.2) is 22.2 Å². The summed E-state index contributed by atoms with van der Waals surface area (Å²) in [4.78, 5) is 24.9. The van der Waals surface area contributed by atoms with Crippen LogP contribution in [0.25, 0.3) is 0 Å². The molecule has 1 atom stereocenters. The predicted molar refractivity (Wildman–Crippen MR) is 123 cm³/mol. The van der Waals surface area contributed by atoms with Crippen LogP contribution >= 0.6 is 0 Å². The first-order valence-electron chi connectivity index (χ1n) is 10.3. The smallest absolute Gasteiger partial charge is 0.323 e. The van der Waals surface area contributed by atoms with Gasteiger partial charge in [0, 0.05) is 0 Å². The van der Waals surface area contributed by atoms with Crippen molar-refractivity contribution in [1.82, 2.24) is 0 Å². The van der Waals surface area contributed by atoms with E-state index in [0.717, 1.165) is 0 Å². The van der Waals surface area contributed by atoms with Crippen molar-refractivity contribution in [3.05, 3.63) is 143 Å². The average molecular weight is 422 g/mol. The number of benzene rings is 4. The Bertz CT molecular complexity index is 1160. The molecule has 0 aromatic heterocycles. The van der Waals surface area contributed by atoms with Gasteiger partial charge >= 0.3 is 11.9 Å². The molecule has 0 heterocycles. The fraction of sp³-hybridized carbons (Fsp3) is 0.0714. The number of carboxylic acids is 2. The predicted octanol–water partition coefficient (Wildman–Crippen LogP) is 5.32.